The van der Waals surface area contributed by atoms with Crippen molar-refractivity contribution in [3.63, 3.8) is 0 Å². The van der Waals surface area contributed by atoms with Gasteiger partial charge < -0.3 is 9.84 Å². The van der Waals surface area contributed by atoms with E-state index in [-0.39, 0.29) is 24.8 Å². The van der Waals surface area contributed by atoms with Gasteiger partial charge in [-0.3, -0.25) is 14.5 Å². The highest BCUT2D eigenvalue weighted by molar-refractivity contribution is 6.05. The molecule has 0 aliphatic carbocycles. The van der Waals surface area contributed by atoms with Gasteiger partial charge in [0.2, 0.25) is 11.8 Å². The van der Waals surface area contributed by atoms with Crippen LogP contribution in [0, 0.1) is 5.41 Å². The van der Waals surface area contributed by atoms with Crippen LogP contribution in [0.1, 0.15) is 38.9 Å². The number of likely N-dealkylation sites (tertiary alicyclic amines) is 1. The van der Waals surface area contributed by atoms with E-state index in [0.29, 0.717) is 17.9 Å². The second-order valence-corrected chi connectivity index (χ2v) is 5.86. The molecule has 0 radical (unpaired) electrons. The van der Waals surface area contributed by atoms with Gasteiger partial charge in [0.15, 0.2) is 0 Å². The summed E-state index contributed by atoms with van der Waals surface area (Å²) in [6.07, 6.45) is -0.763. The maximum atomic E-state index is 12.2. The van der Waals surface area contributed by atoms with Gasteiger partial charge in [0, 0.05) is 12.0 Å². The number of para-hydroxylation sites is 1. The van der Waals surface area contributed by atoms with Gasteiger partial charge in [-0.15, -0.1) is 0 Å². The number of hydrogen-bond donors (Lipinski definition) is 1. The Morgan fingerprint density at radius 2 is 2.00 bits per heavy atom. The lowest BCUT2D eigenvalue weighted by Gasteiger charge is -2.22. The van der Waals surface area contributed by atoms with Gasteiger partial charge in [-0.1, -0.05) is 32.0 Å². The average Bonchev–Trinajstić information content (AvgIpc) is 2.62. The first-order valence-electron chi connectivity index (χ1n) is 7.11. The SMILES string of the molecule is CCOc1ccccc1C(O)CN1C(=O)CC(C)(C)C1=O. The lowest BCUT2D eigenvalue weighted by atomic mass is 9.92. The molecule has 1 aromatic carbocycles. The zero-order valence-electron chi connectivity index (χ0n) is 12.6. The summed E-state index contributed by atoms with van der Waals surface area (Å²) in [4.78, 5) is 25.3. The molecule has 1 saturated heterocycles. The number of aliphatic hydroxyl groups excluding tert-OH is 1. The minimum Gasteiger partial charge on any atom is -0.493 e. The van der Waals surface area contributed by atoms with E-state index in [1.54, 1.807) is 32.0 Å². The molecule has 1 fully saturated rings. The third-order valence-electron chi connectivity index (χ3n) is 3.65. The van der Waals surface area contributed by atoms with Gasteiger partial charge in [0.05, 0.1) is 18.6 Å². The molecule has 114 valence electrons. The Kier molecular flexibility index (Phi) is 4.32. The summed E-state index contributed by atoms with van der Waals surface area (Å²) in [6, 6.07) is 7.11. The molecular formula is C16H21NO4. The number of rotatable bonds is 5. The molecule has 1 aromatic rings. The van der Waals surface area contributed by atoms with E-state index in [0.717, 1.165) is 4.90 Å². The van der Waals surface area contributed by atoms with E-state index in [9.17, 15) is 14.7 Å². The summed E-state index contributed by atoms with van der Waals surface area (Å²) >= 11 is 0. The maximum absolute atomic E-state index is 12.2. The highest BCUT2D eigenvalue weighted by atomic mass is 16.5. The molecule has 0 bridgehead atoms. The molecule has 0 aromatic heterocycles. The van der Waals surface area contributed by atoms with Gasteiger partial charge in [-0.25, -0.2) is 0 Å². The summed E-state index contributed by atoms with van der Waals surface area (Å²) in [7, 11) is 0. The predicted molar refractivity (Wildman–Crippen MR) is 77.7 cm³/mol. The highest BCUT2D eigenvalue weighted by Gasteiger charge is 2.45. The Morgan fingerprint density at radius 3 is 2.57 bits per heavy atom. The maximum Gasteiger partial charge on any atom is 0.235 e. The van der Waals surface area contributed by atoms with Crippen molar-refractivity contribution in [1.29, 1.82) is 0 Å². The van der Waals surface area contributed by atoms with E-state index in [4.69, 9.17) is 4.74 Å². The first kappa shape index (κ1) is 15.5. The van der Waals surface area contributed by atoms with Crippen LogP contribution in [-0.2, 0) is 9.59 Å². The molecule has 5 heteroatoms. The number of carbonyl (C=O) groups is 2. The Hall–Kier alpha value is -1.88. The quantitative estimate of drug-likeness (QED) is 0.841. The van der Waals surface area contributed by atoms with Crippen molar-refractivity contribution in [1.82, 2.24) is 4.90 Å². The number of β-amino-alcohol motifs (C(OH)–C–C–N with tert-alkyl or cyclic N) is 1. The lowest BCUT2D eigenvalue weighted by molar-refractivity contribution is -0.142. The molecule has 1 aliphatic heterocycles. The minimum absolute atomic E-state index is 0.0365. The molecular weight excluding hydrogens is 270 g/mol. The normalized spacial score (nSPS) is 19.0. The van der Waals surface area contributed by atoms with Crippen LogP contribution in [-0.4, -0.2) is 35.0 Å². The predicted octanol–water partition coefficient (Wildman–Crippen LogP) is 1.90. The average molecular weight is 291 g/mol. The molecule has 5 nitrogen and oxygen atoms in total. The number of nitrogens with zero attached hydrogens (tertiary/aromatic N) is 1. The van der Waals surface area contributed by atoms with Crippen LogP contribution in [0.25, 0.3) is 0 Å². The van der Waals surface area contributed by atoms with Crippen LogP contribution in [0.4, 0.5) is 0 Å². The van der Waals surface area contributed by atoms with Crippen molar-refractivity contribution >= 4 is 11.8 Å². The number of ether oxygens (including phenoxy) is 1. The smallest absolute Gasteiger partial charge is 0.235 e. The summed E-state index contributed by atoms with van der Waals surface area (Å²) in [5, 5.41) is 10.4. The van der Waals surface area contributed by atoms with Crippen molar-refractivity contribution in [3.8, 4) is 5.75 Å². The van der Waals surface area contributed by atoms with E-state index in [1.165, 1.54) is 0 Å². The third-order valence-corrected chi connectivity index (χ3v) is 3.65. The monoisotopic (exact) mass is 291 g/mol. The zero-order chi connectivity index (χ0) is 15.6. The number of amides is 2. The van der Waals surface area contributed by atoms with Gasteiger partial charge >= 0.3 is 0 Å². The van der Waals surface area contributed by atoms with Crippen molar-refractivity contribution < 1.29 is 19.4 Å². The number of hydrogen-bond acceptors (Lipinski definition) is 4. The van der Waals surface area contributed by atoms with Gasteiger partial charge in [-0.2, -0.15) is 0 Å². The second-order valence-electron chi connectivity index (χ2n) is 5.86. The van der Waals surface area contributed by atoms with Crippen molar-refractivity contribution in [2.24, 2.45) is 5.41 Å². The zero-order valence-corrected chi connectivity index (χ0v) is 12.6. The fourth-order valence-corrected chi connectivity index (χ4v) is 2.53. The summed E-state index contributed by atoms with van der Waals surface area (Å²) < 4.78 is 5.47. The van der Waals surface area contributed by atoms with E-state index >= 15 is 0 Å². The van der Waals surface area contributed by atoms with Crippen LogP contribution in [0.3, 0.4) is 0 Å². The van der Waals surface area contributed by atoms with Crippen LogP contribution in [0.2, 0.25) is 0 Å². The van der Waals surface area contributed by atoms with Crippen molar-refractivity contribution in [2.45, 2.75) is 33.3 Å². The van der Waals surface area contributed by atoms with Crippen LogP contribution in [0.15, 0.2) is 24.3 Å². The summed E-state index contributed by atoms with van der Waals surface area (Å²) in [5.41, 5.74) is -0.0966. The molecule has 1 atom stereocenters. The van der Waals surface area contributed by atoms with Crippen LogP contribution < -0.4 is 4.74 Å². The molecule has 2 rings (SSSR count). The van der Waals surface area contributed by atoms with Gasteiger partial charge in [0.25, 0.3) is 0 Å². The standard InChI is InChI=1S/C16H21NO4/c1-4-21-13-8-6-5-7-11(13)12(18)10-17-14(19)9-16(2,3)15(17)20/h5-8,12,18H,4,9-10H2,1-3H3. The third kappa shape index (κ3) is 3.08. The topological polar surface area (TPSA) is 66.8 Å². The Balaban J connectivity index is 2.17. The van der Waals surface area contributed by atoms with E-state index in [1.807, 2.05) is 13.0 Å². The van der Waals surface area contributed by atoms with E-state index < -0.39 is 11.5 Å². The molecule has 1 N–H and O–H groups in total. The van der Waals surface area contributed by atoms with Crippen molar-refractivity contribution in [3.05, 3.63) is 29.8 Å². The van der Waals surface area contributed by atoms with Crippen LogP contribution in [0.5, 0.6) is 5.75 Å². The molecule has 1 unspecified atom stereocenters. The number of aliphatic hydroxyl groups is 1. The van der Waals surface area contributed by atoms with Crippen LogP contribution >= 0.6 is 0 Å². The van der Waals surface area contributed by atoms with Crippen molar-refractivity contribution in [2.75, 3.05) is 13.2 Å². The van der Waals surface area contributed by atoms with Gasteiger partial charge in [0.1, 0.15) is 11.9 Å². The molecule has 0 spiro atoms. The Labute approximate surface area is 124 Å². The number of benzene rings is 1. The number of carbonyl (C=O) groups excluding carboxylic acids is 2. The van der Waals surface area contributed by atoms with Gasteiger partial charge in [-0.05, 0) is 13.0 Å². The van der Waals surface area contributed by atoms with E-state index in [2.05, 4.69) is 0 Å². The summed E-state index contributed by atoms with van der Waals surface area (Å²) in [5.74, 6) is 0.101. The fourth-order valence-electron chi connectivity index (χ4n) is 2.53. The molecule has 1 heterocycles. The lowest BCUT2D eigenvalue weighted by Crippen LogP contribution is -2.36. The summed E-state index contributed by atoms with van der Waals surface area (Å²) in [6.45, 7) is 5.80. The first-order valence-corrected chi connectivity index (χ1v) is 7.11. The Morgan fingerprint density at radius 1 is 1.33 bits per heavy atom. The minimum atomic E-state index is -0.949. The molecule has 21 heavy (non-hydrogen) atoms. The second kappa shape index (κ2) is 5.85. The number of imide groups is 1. The molecule has 1 aliphatic rings. The fraction of sp³-hybridized carbons (Fsp3) is 0.500. The largest absolute Gasteiger partial charge is 0.493 e. The first-order chi connectivity index (χ1) is 9.86. The molecule has 2 amide bonds. The Bertz CT molecular complexity index is 553. The highest BCUT2D eigenvalue weighted by Crippen LogP contribution is 2.34. The molecule has 0 saturated carbocycles.